The Morgan fingerprint density at radius 1 is 1.27 bits per heavy atom. The van der Waals surface area contributed by atoms with Gasteiger partial charge in [0.05, 0.1) is 4.90 Å². The third-order valence-corrected chi connectivity index (χ3v) is 5.46. The van der Waals surface area contributed by atoms with Gasteiger partial charge in [-0.1, -0.05) is 24.6 Å². The van der Waals surface area contributed by atoms with Crippen LogP contribution in [0.2, 0.25) is 0 Å². The molecular weight excluding hydrogens is 302 g/mol. The lowest BCUT2D eigenvalue weighted by atomic mass is 9.88. The van der Waals surface area contributed by atoms with Crippen LogP contribution in [-0.4, -0.2) is 40.5 Å². The third-order valence-electron chi connectivity index (χ3n) is 3.98. The molecule has 1 aromatic carbocycles. The molecule has 0 aliphatic carbocycles. The first-order chi connectivity index (χ1) is 10.4. The van der Waals surface area contributed by atoms with Crippen LogP contribution in [0.1, 0.15) is 12.5 Å². The second-order valence-electron chi connectivity index (χ2n) is 5.71. The maximum atomic E-state index is 12.1. The molecule has 122 valence electrons. The van der Waals surface area contributed by atoms with E-state index >= 15 is 0 Å². The molecule has 1 saturated heterocycles. The van der Waals surface area contributed by atoms with Crippen molar-refractivity contribution in [3.63, 3.8) is 0 Å². The Morgan fingerprint density at radius 2 is 1.91 bits per heavy atom. The topological polar surface area (TPSA) is 87.3 Å². The predicted molar refractivity (Wildman–Crippen MR) is 84.9 cm³/mol. The number of carbonyl (C=O) groups is 1. The number of amides is 1. The van der Waals surface area contributed by atoms with Gasteiger partial charge in [0.2, 0.25) is 15.9 Å². The van der Waals surface area contributed by atoms with E-state index in [-0.39, 0.29) is 29.8 Å². The van der Waals surface area contributed by atoms with Gasteiger partial charge >= 0.3 is 0 Å². The van der Waals surface area contributed by atoms with E-state index in [1.165, 1.54) is 0 Å². The minimum atomic E-state index is -3.52. The number of rotatable bonds is 7. The number of hydrogen-bond donors (Lipinski definition) is 3. The molecule has 7 heteroatoms. The largest absolute Gasteiger partial charge is 0.355 e. The monoisotopic (exact) mass is 325 g/mol. The molecule has 1 atom stereocenters. The number of hydrogen-bond acceptors (Lipinski definition) is 4. The van der Waals surface area contributed by atoms with Crippen molar-refractivity contribution in [2.45, 2.75) is 18.7 Å². The maximum Gasteiger partial charge on any atom is 0.240 e. The number of carbonyl (C=O) groups excluding carboxylic acids is 1. The normalized spacial score (nSPS) is 16.8. The smallest absolute Gasteiger partial charge is 0.240 e. The van der Waals surface area contributed by atoms with E-state index in [2.05, 4.69) is 15.4 Å². The van der Waals surface area contributed by atoms with Crippen molar-refractivity contribution in [2.24, 2.45) is 11.8 Å². The number of sulfonamides is 1. The Labute approximate surface area is 131 Å². The van der Waals surface area contributed by atoms with Crippen molar-refractivity contribution in [2.75, 3.05) is 26.2 Å². The second-order valence-corrected chi connectivity index (χ2v) is 7.48. The highest BCUT2D eigenvalue weighted by molar-refractivity contribution is 7.89. The molecule has 1 aliphatic heterocycles. The van der Waals surface area contributed by atoms with Crippen molar-refractivity contribution in [1.82, 2.24) is 15.4 Å². The summed E-state index contributed by atoms with van der Waals surface area (Å²) in [5, 5.41) is 5.91. The van der Waals surface area contributed by atoms with Crippen LogP contribution in [0, 0.1) is 18.8 Å². The van der Waals surface area contributed by atoms with E-state index in [4.69, 9.17) is 0 Å². The van der Waals surface area contributed by atoms with Gasteiger partial charge in [-0.15, -0.1) is 0 Å². The average Bonchev–Trinajstić information content (AvgIpc) is 2.42. The van der Waals surface area contributed by atoms with Crippen LogP contribution >= 0.6 is 0 Å². The Hall–Kier alpha value is -1.44. The lowest BCUT2D eigenvalue weighted by Crippen LogP contribution is -2.50. The van der Waals surface area contributed by atoms with Crippen LogP contribution in [0.3, 0.4) is 0 Å². The highest BCUT2D eigenvalue weighted by Gasteiger charge is 2.28. The van der Waals surface area contributed by atoms with Crippen molar-refractivity contribution in [1.29, 1.82) is 0 Å². The van der Waals surface area contributed by atoms with Crippen LogP contribution in [-0.2, 0) is 14.8 Å². The van der Waals surface area contributed by atoms with Gasteiger partial charge in [0.25, 0.3) is 0 Å². The van der Waals surface area contributed by atoms with E-state index in [1.807, 2.05) is 13.8 Å². The Bertz CT molecular complexity index is 609. The first kappa shape index (κ1) is 16.9. The quantitative estimate of drug-likeness (QED) is 0.627. The van der Waals surface area contributed by atoms with Crippen LogP contribution in [0.4, 0.5) is 0 Å². The molecular formula is C15H23N3O3S. The van der Waals surface area contributed by atoms with Gasteiger partial charge in [-0.05, 0) is 38.1 Å². The van der Waals surface area contributed by atoms with Crippen LogP contribution in [0.15, 0.2) is 29.2 Å². The average molecular weight is 325 g/mol. The standard InChI is InChI=1S/C15H23N3O3S/c1-11-3-5-14(6-4-11)22(20,21)18-8-7-17-15(19)12(2)13-9-16-10-13/h3-6,12-13,16,18H,7-10H2,1-2H3,(H,17,19). The molecule has 1 heterocycles. The minimum absolute atomic E-state index is 0.0268. The molecule has 1 aromatic rings. The fraction of sp³-hybridized carbons (Fsp3) is 0.533. The summed E-state index contributed by atoms with van der Waals surface area (Å²) in [5.41, 5.74) is 1.01. The first-order valence-corrected chi connectivity index (χ1v) is 8.93. The summed E-state index contributed by atoms with van der Waals surface area (Å²) in [6.07, 6.45) is 0. The van der Waals surface area contributed by atoms with Gasteiger partial charge in [0.1, 0.15) is 0 Å². The van der Waals surface area contributed by atoms with Crippen molar-refractivity contribution in [3.8, 4) is 0 Å². The molecule has 0 aromatic heterocycles. The zero-order chi connectivity index (χ0) is 16.2. The zero-order valence-electron chi connectivity index (χ0n) is 12.9. The number of aryl methyl sites for hydroxylation is 1. The first-order valence-electron chi connectivity index (χ1n) is 7.45. The number of benzene rings is 1. The molecule has 1 aliphatic rings. The molecule has 1 amide bonds. The van der Waals surface area contributed by atoms with Crippen molar-refractivity contribution < 1.29 is 13.2 Å². The number of nitrogens with one attached hydrogen (secondary N) is 3. The molecule has 1 fully saturated rings. The summed E-state index contributed by atoms with van der Waals surface area (Å²) >= 11 is 0. The van der Waals surface area contributed by atoms with Gasteiger partial charge in [0, 0.05) is 19.0 Å². The summed E-state index contributed by atoms with van der Waals surface area (Å²) in [5.74, 6) is 0.306. The minimum Gasteiger partial charge on any atom is -0.355 e. The molecule has 0 bridgehead atoms. The van der Waals surface area contributed by atoms with Crippen LogP contribution in [0.5, 0.6) is 0 Å². The van der Waals surface area contributed by atoms with E-state index in [0.717, 1.165) is 18.7 Å². The summed E-state index contributed by atoms with van der Waals surface area (Å²) in [6.45, 7) is 6.00. The molecule has 3 N–H and O–H groups in total. The molecule has 0 radical (unpaired) electrons. The molecule has 6 nitrogen and oxygen atoms in total. The van der Waals surface area contributed by atoms with Gasteiger partial charge in [-0.25, -0.2) is 13.1 Å². The lowest BCUT2D eigenvalue weighted by molar-refractivity contribution is -0.126. The second kappa shape index (κ2) is 7.21. The molecule has 2 rings (SSSR count). The van der Waals surface area contributed by atoms with Gasteiger partial charge in [-0.3, -0.25) is 4.79 Å². The van der Waals surface area contributed by atoms with E-state index in [9.17, 15) is 13.2 Å². The van der Waals surface area contributed by atoms with E-state index < -0.39 is 10.0 Å². The van der Waals surface area contributed by atoms with Crippen molar-refractivity contribution in [3.05, 3.63) is 29.8 Å². The Kier molecular flexibility index (Phi) is 5.55. The van der Waals surface area contributed by atoms with E-state index in [0.29, 0.717) is 5.92 Å². The Morgan fingerprint density at radius 3 is 2.45 bits per heavy atom. The molecule has 0 saturated carbocycles. The summed E-state index contributed by atoms with van der Waals surface area (Å²) in [4.78, 5) is 12.1. The predicted octanol–water partition coefficient (Wildman–Crippen LogP) is 0.245. The summed E-state index contributed by atoms with van der Waals surface area (Å²) in [6, 6.07) is 6.65. The molecule has 1 unspecified atom stereocenters. The van der Waals surface area contributed by atoms with Gasteiger partial charge in [0.15, 0.2) is 0 Å². The van der Waals surface area contributed by atoms with Gasteiger partial charge in [-0.2, -0.15) is 0 Å². The molecule has 0 spiro atoms. The SMILES string of the molecule is Cc1ccc(S(=O)(=O)NCCNC(=O)C(C)C2CNC2)cc1. The summed E-state index contributed by atoms with van der Waals surface area (Å²) in [7, 11) is -3.52. The maximum absolute atomic E-state index is 12.1. The fourth-order valence-electron chi connectivity index (χ4n) is 2.21. The zero-order valence-corrected chi connectivity index (χ0v) is 13.7. The third kappa shape index (κ3) is 4.28. The fourth-order valence-corrected chi connectivity index (χ4v) is 3.24. The summed E-state index contributed by atoms with van der Waals surface area (Å²) < 4.78 is 26.6. The van der Waals surface area contributed by atoms with Crippen molar-refractivity contribution >= 4 is 15.9 Å². The van der Waals surface area contributed by atoms with Crippen LogP contribution in [0.25, 0.3) is 0 Å². The highest BCUT2D eigenvalue weighted by Crippen LogP contribution is 2.15. The van der Waals surface area contributed by atoms with Crippen LogP contribution < -0.4 is 15.4 Å². The molecule has 22 heavy (non-hydrogen) atoms. The highest BCUT2D eigenvalue weighted by atomic mass is 32.2. The van der Waals surface area contributed by atoms with E-state index in [1.54, 1.807) is 24.3 Å². The lowest BCUT2D eigenvalue weighted by Gasteiger charge is -2.31. The Balaban J connectivity index is 1.75. The van der Waals surface area contributed by atoms with Gasteiger partial charge < -0.3 is 10.6 Å².